The van der Waals surface area contributed by atoms with Crippen molar-refractivity contribution in [1.82, 2.24) is 10.2 Å². The van der Waals surface area contributed by atoms with Gasteiger partial charge in [0.15, 0.2) is 11.5 Å². The van der Waals surface area contributed by atoms with Gasteiger partial charge in [0.25, 0.3) is 0 Å². The van der Waals surface area contributed by atoms with E-state index in [9.17, 15) is 18.0 Å². The van der Waals surface area contributed by atoms with E-state index < -0.39 is 28.5 Å². The summed E-state index contributed by atoms with van der Waals surface area (Å²) >= 11 is 12.7. The van der Waals surface area contributed by atoms with Crippen LogP contribution in [0.15, 0.2) is 36.4 Å². The Bertz CT molecular complexity index is 1220. The number of amides is 2. The molecule has 2 aromatic carbocycles. The molecule has 1 heterocycles. The van der Waals surface area contributed by atoms with Crippen LogP contribution in [0.5, 0.6) is 11.5 Å². The fourth-order valence-corrected chi connectivity index (χ4v) is 4.91. The quantitative estimate of drug-likeness (QED) is 0.476. The monoisotopic (exact) mass is 557 g/mol. The molecule has 0 unspecified atom stereocenters. The molecule has 0 saturated heterocycles. The lowest BCUT2D eigenvalue weighted by atomic mass is 10.1. The molecule has 2 atom stereocenters. The molecular formula is C24H29Cl2N3O6S. The Balaban J connectivity index is 1.95. The van der Waals surface area contributed by atoms with Crippen LogP contribution in [0.3, 0.4) is 0 Å². The predicted molar refractivity (Wildman–Crippen MR) is 139 cm³/mol. The first-order valence-electron chi connectivity index (χ1n) is 11.3. The lowest BCUT2D eigenvalue weighted by molar-refractivity contribution is -0.139. The van der Waals surface area contributed by atoms with Gasteiger partial charge in [-0.2, -0.15) is 0 Å². The largest absolute Gasteiger partial charge is 0.454 e. The number of ether oxygens (including phenoxy) is 2. The van der Waals surface area contributed by atoms with Crippen molar-refractivity contribution < 1.29 is 27.5 Å². The summed E-state index contributed by atoms with van der Waals surface area (Å²) in [5.74, 6) is -0.144. The maximum Gasteiger partial charge on any atom is 0.244 e. The van der Waals surface area contributed by atoms with Crippen molar-refractivity contribution in [3.8, 4) is 11.5 Å². The van der Waals surface area contributed by atoms with Gasteiger partial charge in [-0.05, 0) is 44.5 Å². The minimum absolute atomic E-state index is 0.0196. The molecule has 2 aromatic rings. The highest BCUT2D eigenvalue weighted by Crippen LogP contribution is 2.36. The van der Waals surface area contributed by atoms with Gasteiger partial charge in [-0.15, -0.1) is 0 Å². The predicted octanol–water partition coefficient (Wildman–Crippen LogP) is 3.82. The number of hydrogen-bond acceptors (Lipinski definition) is 6. The van der Waals surface area contributed by atoms with Gasteiger partial charge in [-0.25, -0.2) is 8.42 Å². The number of nitrogens with zero attached hydrogens (tertiary/aromatic N) is 2. The van der Waals surface area contributed by atoms with Crippen LogP contribution < -0.4 is 19.1 Å². The molecule has 1 N–H and O–H groups in total. The van der Waals surface area contributed by atoms with Crippen molar-refractivity contribution in [1.29, 1.82) is 0 Å². The van der Waals surface area contributed by atoms with Gasteiger partial charge in [0.1, 0.15) is 12.6 Å². The van der Waals surface area contributed by atoms with E-state index in [0.29, 0.717) is 33.5 Å². The van der Waals surface area contributed by atoms with Gasteiger partial charge < -0.3 is 19.7 Å². The van der Waals surface area contributed by atoms with Crippen LogP contribution >= 0.6 is 23.2 Å². The molecule has 0 fully saturated rings. The lowest BCUT2D eigenvalue weighted by Crippen LogP contribution is -2.52. The maximum absolute atomic E-state index is 13.6. The zero-order chi connectivity index (χ0) is 26.6. The highest BCUT2D eigenvalue weighted by atomic mass is 35.5. The van der Waals surface area contributed by atoms with Crippen LogP contribution in [0, 0.1) is 0 Å². The fourth-order valence-electron chi connectivity index (χ4n) is 3.56. The first-order chi connectivity index (χ1) is 16.9. The number of carbonyl (C=O) groups excluding carboxylic acids is 2. The average molecular weight is 558 g/mol. The average Bonchev–Trinajstić information content (AvgIpc) is 3.29. The number of hydrogen-bond donors (Lipinski definition) is 1. The second-order valence-electron chi connectivity index (χ2n) is 8.52. The van der Waals surface area contributed by atoms with E-state index in [-0.39, 0.29) is 31.0 Å². The standard InChI is InChI=1S/C24H29Cl2N3O6S/c1-5-15(2)27-24(31)16(3)28(12-18-19(25)7-6-8-20(18)26)23(30)13-29(36(4,32)33)17-9-10-21-22(11-17)35-14-34-21/h6-11,15-16H,5,12-14H2,1-4H3,(H,27,31)/t15-,16-/m0/s1. The van der Waals surface area contributed by atoms with E-state index in [0.717, 1.165) is 10.6 Å². The van der Waals surface area contributed by atoms with Gasteiger partial charge in [-0.3, -0.25) is 13.9 Å². The first-order valence-corrected chi connectivity index (χ1v) is 13.9. The number of nitrogens with one attached hydrogen (secondary N) is 1. The van der Waals surface area contributed by atoms with E-state index in [1.54, 1.807) is 31.2 Å². The van der Waals surface area contributed by atoms with Crippen molar-refractivity contribution in [2.45, 2.75) is 45.8 Å². The van der Waals surface area contributed by atoms with Gasteiger partial charge in [0.2, 0.25) is 28.6 Å². The second kappa shape index (κ2) is 11.6. The van der Waals surface area contributed by atoms with Gasteiger partial charge in [0.05, 0.1) is 11.9 Å². The molecule has 36 heavy (non-hydrogen) atoms. The summed E-state index contributed by atoms with van der Waals surface area (Å²) in [6.07, 6.45) is 1.70. The van der Waals surface area contributed by atoms with Crippen molar-refractivity contribution in [3.05, 3.63) is 52.0 Å². The SMILES string of the molecule is CC[C@H](C)NC(=O)[C@H](C)N(Cc1c(Cl)cccc1Cl)C(=O)CN(c1ccc2c(c1)OCO2)S(C)(=O)=O. The normalized spacial score (nSPS) is 14.2. The molecule has 2 amide bonds. The van der Waals surface area contributed by atoms with Crippen LogP contribution in [0.2, 0.25) is 10.0 Å². The zero-order valence-electron chi connectivity index (χ0n) is 20.5. The summed E-state index contributed by atoms with van der Waals surface area (Å²) in [7, 11) is -3.89. The minimum atomic E-state index is -3.89. The van der Waals surface area contributed by atoms with Crippen molar-refractivity contribution in [3.63, 3.8) is 0 Å². The lowest BCUT2D eigenvalue weighted by Gasteiger charge is -2.32. The molecule has 0 aromatic heterocycles. The molecule has 0 aliphatic carbocycles. The Hall–Kier alpha value is -2.69. The van der Waals surface area contributed by atoms with Crippen molar-refractivity contribution in [2.24, 2.45) is 0 Å². The molecule has 3 rings (SSSR count). The summed E-state index contributed by atoms with van der Waals surface area (Å²) in [5, 5.41) is 3.51. The smallest absolute Gasteiger partial charge is 0.244 e. The molecule has 12 heteroatoms. The van der Waals surface area contributed by atoms with Crippen LogP contribution in [-0.4, -0.2) is 56.8 Å². The summed E-state index contributed by atoms with van der Waals surface area (Å²) in [6.45, 7) is 4.73. The molecule has 0 saturated carbocycles. The summed E-state index contributed by atoms with van der Waals surface area (Å²) in [4.78, 5) is 27.9. The van der Waals surface area contributed by atoms with E-state index in [1.807, 2.05) is 13.8 Å². The zero-order valence-corrected chi connectivity index (χ0v) is 22.8. The van der Waals surface area contributed by atoms with E-state index in [4.69, 9.17) is 32.7 Å². The third-order valence-electron chi connectivity index (χ3n) is 5.88. The molecule has 9 nitrogen and oxygen atoms in total. The second-order valence-corrected chi connectivity index (χ2v) is 11.2. The molecule has 1 aliphatic rings. The Morgan fingerprint density at radius 2 is 1.72 bits per heavy atom. The van der Waals surface area contributed by atoms with E-state index in [1.165, 1.54) is 17.0 Å². The Morgan fingerprint density at radius 3 is 2.33 bits per heavy atom. The number of fused-ring (bicyclic) bond motifs is 1. The first kappa shape index (κ1) is 27.9. The van der Waals surface area contributed by atoms with Crippen LogP contribution in [0.1, 0.15) is 32.8 Å². The number of sulfonamides is 1. The molecule has 196 valence electrons. The third-order valence-corrected chi connectivity index (χ3v) is 7.73. The van der Waals surface area contributed by atoms with Crippen LogP contribution in [-0.2, 0) is 26.2 Å². The van der Waals surface area contributed by atoms with E-state index in [2.05, 4.69) is 5.32 Å². The highest BCUT2D eigenvalue weighted by molar-refractivity contribution is 7.92. The Morgan fingerprint density at radius 1 is 1.08 bits per heavy atom. The molecule has 0 bridgehead atoms. The summed E-state index contributed by atoms with van der Waals surface area (Å²) in [5.41, 5.74) is 0.675. The number of halogens is 2. The molecule has 0 spiro atoms. The topological polar surface area (TPSA) is 105 Å². The molecule has 0 radical (unpaired) electrons. The van der Waals surface area contributed by atoms with Crippen LogP contribution in [0.25, 0.3) is 0 Å². The summed E-state index contributed by atoms with van der Waals surface area (Å²) in [6, 6.07) is 8.48. The van der Waals surface area contributed by atoms with Gasteiger partial charge in [0, 0.05) is 34.3 Å². The Labute approximate surface area is 221 Å². The minimum Gasteiger partial charge on any atom is -0.454 e. The number of rotatable bonds is 10. The van der Waals surface area contributed by atoms with Crippen LogP contribution in [0.4, 0.5) is 5.69 Å². The maximum atomic E-state index is 13.6. The number of anilines is 1. The van der Waals surface area contributed by atoms with Gasteiger partial charge in [-0.1, -0.05) is 36.2 Å². The molecular weight excluding hydrogens is 529 g/mol. The van der Waals surface area contributed by atoms with Crippen molar-refractivity contribution in [2.75, 3.05) is 23.9 Å². The van der Waals surface area contributed by atoms with Gasteiger partial charge >= 0.3 is 0 Å². The van der Waals surface area contributed by atoms with E-state index >= 15 is 0 Å². The summed E-state index contributed by atoms with van der Waals surface area (Å²) < 4.78 is 37.0. The number of carbonyl (C=O) groups is 2. The number of benzene rings is 2. The molecule has 1 aliphatic heterocycles. The Kier molecular flexibility index (Phi) is 8.97. The fraction of sp³-hybridized carbons (Fsp3) is 0.417. The third kappa shape index (κ3) is 6.54. The highest BCUT2D eigenvalue weighted by Gasteiger charge is 2.32. The van der Waals surface area contributed by atoms with Crippen molar-refractivity contribution >= 4 is 50.7 Å².